The van der Waals surface area contributed by atoms with Crippen molar-refractivity contribution in [2.45, 2.75) is 0 Å². The predicted octanol–water partition coefficient (Wildman–Crippen LogP) is 12.2. The summed E-state index contributed by atoms with van der Waals surface area (Å²) < 4.78 is 0. The first-order valence-corrected chi connectivity index (χ1v) is 17.4. The molecule has 242 valence electrons. The maximum absolute atomic E-state index is 5.29. The summed E-state index contributed by atoms with van der Waals surface area (Å²) in [5.74, 6) is 0. The molecule has 0 atom stereocenters. The third kappa shape index (κ3) is 5.00. The topological polar surface area (TPSA) is 51.6 Å². The molecule has 4 heterocycles. The Morgan fingerprint density at radius 2 is 0.904 bits per heavy atom. The van der Waals surface area contributed by atoms with Gasteiger partial charge in [0.15, 0.2) is 0 Å². The van der Waals surface area contributed by atoms with Crippen molar-refractivity contribution in [3.05, 3.63) is 183 Å². The van der Waals surface area contributed by atoms with Gasteiger partial charge in [0.2, 0.25) is 0 Å². The molecule has 0 spiro atoms. The summed E-state index contributed by atoms with van der Waals surface area (Å²) in [5, 5.41) is 6.87. The molecule has 6 aromatic carbocycles. The molecule has 0 saturated carbocycles. The second-order valence-corrected chi connectivity index (χ2v) is 13.1. The Labute approximate surface area is 300 Å². The molecule has 0 amide bonds. The standard InChI is InChI=1S/C48H30N4/c1-2-11-31(12-3-1)44-28-43(42-21-20-32-13-10-24-51-47(32)48(42)52-44)46-40-18-6-4-16-38(40)45(39-17-5-7-19-41(39)46)37-26-35(33-14-8-22-49-29-33)25-36(27-37)34-15-9-23-50-30-34/h1-30H. The molecule has 4 heteroatoms. The van der Waals surface area contributed by atoms with Crippen molar-refractivity contribution in [3.63, 3.8) is 0 Å². The quantitative estimate of drug-likeness (QED) is 0.136. The third-order valence-electron chi connectivity index (χ3n) is 10.0. The van der Waals surface area contributed by atoms with Crippen LogP contribution in [0.4, 0.5) is 0 Å². The fraction of sp³-hybridized carbons (Fsp3) is 0. The number of pyridine rings is 4. The normalized spacial score (nSPS) is 11.5. The van der Waals surface area contributed by atoms with E-state index in [0.717, 1.165) is 66.4 Å². The van der Waals surface area contributed by atoms with Crippen molar-refractivity contribution in [2.75, 3.05) is 0 Å². The molecule has 4 aromatic heterocycles. The van der Waals surface area contributed by atoms with Crippen LogP contribution in [0.2, 0.25) is 0 Å². The van der Waals surface area contributed by atoms with Crippen LogP contribution in [-0.4, -0.2) is 19.9 Å². The van der Waals surface area contributed by atoms with Crippen molar-refractivity contribution in [2.24, 2.45) is 0 Å². The summed E-state index contributed by atoms with van der Waals surface area (Å²) in [4.78, 5) is 19.1. The Morgan fingerprint density at radius 1 is 0.346 bits per heavy atom. The van der Waals surface area contributed by atoms with Gasteiger partial charge >= 0.3 is 0 Å². The summed E-state index contributed by atoms with van der Waals surface area (Å²) in [7, 11) is 0. The van der Waals surface area contributed by atoms with Crippen LogP contribution in [0, 0.1) is 0 Å². The molecule has 0 aliphatic heterocycles. The van der Waals surface area contributed by atoms with Gasteiger partial charge in [-0.25, -0.2) is 4.98 Å². The van der Waals surface area contributed by atoms with Crippen LogP contribution in [0.15, 0.2) is 183 Å². The molecule has 10 rings (SSSR count). The van der Waals surface area contributed by atoms with Crippen LogP contribution in [0.1, 0.15) is 0 Å². The van der Waals surface area contributed by atoms with Gasteiger partial charge in [-0.2, -0.15) is 0 Å². The van der Waals surface area contributed by atoms with Gasteiger partial charge in [-0.15, -0.1) is 0 Å². The molecular weight excluding hydrogens is 633 g/mol. The number of rotatable bonds is 5. The van der Waals surface area contributed by atoms with Gasteiger partial charge in [-0.3, -0.25) is 15.0 Å². The van der Waals surface area contributed by atoms with Gasteiger partial charge < -0.3 is 0 Å². The second-order valence-electron chi connectivity index (χ2n) is 13.1. The second kappa shape index (κ2) is 12.4. The van der Waals surface area contributed by atoms with Crippen molar-refractivity contribution < 1.29 is 0 Å². The maximum Gasteiger partial charge on any atom is 0.0978 e. The van der Waals surface area contributed by atoms with E-state index in [1.54, 1.807) is 0 Å². The van der Waals surface area contributed by atoms with E-state index < -0.39 is 0 Å². The zero-order valence-electron chi connectivity index (χ0n) is 28.1. The lowest BCUT2D eigenvalue weighted by molar-refractivity contribution is 1.32. The van der Waals surface area contributed by atoms with E-state index in [1.807, 2.05) is 55.2 Å². The van der Waals surface area contributed by atoms with Crippen LogP contribution < -0.4 is 0 Å². The molecule has 0 aliphatic rings. The minimum atomic E-state index is 0.900. The Kier molecular flexibility index (Phi) is 7.10. The molecule has 4 nitrogen and oxygen atoms in total. The van der Waals surface area contributed by atoms with Gasteiger partial charge in [0.25, 0.3) is 0 Å². The minimum absolute atomic E-state index is 0.900. The molecule has 0 aliphatic carbocycles. The number of nitrogens with zero attached hydrogens (tertiary/aromatic N) is 4. The minimum Gasteiger partial charge on any atom is -0.264 e. The lowest BCUT2D eigenvalue weighted by atomic mass is 9.83. The van der Waals surface area contributed by atoms with Crippen molar-refractivity contribution in [3.8, 4) is 55.8 Å². The lowest BCUT2D eigenvalue weighted by Crippen LogP contribution is -1.95. The number of hydrogen-bond acceptors (Lipinski definition) is 4. The Morgan fingerprint density at radius 3 is 1.52 bits per heavy atom. The number of benzene rings is 6. The number of aromatic nitrogens is 4. The van der Waals surface area contributed by atoms with E-state index >= 15 is 0 Å². The van der Waals surface area contributed by atoms with Gasteiger partial charge in [0.1, 0.15) is 0 Å². The largest absolute Gasteiger partial charge is 0.264 e. The summed E-state index contributed by atoms with van der Waals surface area (Å²) in [6, 6.07) is 53.9. The van der Waals surface area contributed by atoms with Crippen LogP contribution in [0.3, 0.4) is 0 Å². The van der Waals surface area contributed by atoms with Gasteiger partial charge in [0, 0.05) is 58.4 Å². The molecule has 0 unspecified atom stereocenters. The van der Waals surface area contributed by atoms with Gasteiger partial charge in [-0.1, -0.05) is 109 Å². The molecular formula is C48H30N4. The zero-order chi connectivity index (χ0) is 34.4. The van der Waals surface area contributed by atoms with E-state index in [-0.39, 0.29) is 0 Å². The van der Waals surface area contributed by atoms with E-state index in [9.17, 15) is 0 Å². The van der Waals surface area contributed by atoms with E-state index in [1.165, 1.54) is 32.7 Å². The summed E-state index contributed by atoms with van der Waals surface area (Å²) in [5.41, 5.74) is 12.8. The fourth-order valence-electron chi connectivity index (χ4n) is 7.69. The van der Waals surface area contributed by atoms with Crippen LogP contribution in [0.25, 0.3) is 99.1 Å². The molecule has 0 bridgehead atoms. The summed E-state index contributed by atoms with van der Waals surface area (Å²) in [6.07, 6.45) is 9.36. The Balaban J connectivity index is 1.32. The fourth-order valence-corrected chi connectivity index (χ4v) is 7.69. The Hall–Kier alpha value is -7.04. The van der Waals surface area contributed by atoms with Crippen molar-refractivity contribution in [1.82, 2.24) is 19.9 Å². The van der Waals surface area contributed by atoms with E-state index in [2.05, 4.69) is 137 Å². The average Bonchev–Trinajstić information content (AvgIpc) is 3.23. The first-order chi connectivity index (χ1) is 25.8. The predicted molar refractivity (Wildman–Crippen MR) is 215 cm³/mol. The summed E-state index contributed by atoms with van der Waals surface area (Å²) in [6.45, 7) is 0. The highest BCUT2D eigenvalue weighted by Gasteiger charge is 2.21. The first kappa shape index (κ1) is 29.8. The van der Waals surface area contributed by atoms with Crippen molar-refractivity contribution >= 4 is 43.4 Å². The maximum atomic E-state index is 5.29. The van der Waals surface area contributed by atoms with Crippen molar-refractivity contribution in [1.29, 1.82) is 0 Å². The highest BCUT2D eigenvalue weighted by atomic mass is 14.8. The SMILES string of the molecule is c1ccc(-c2cc(-c3c4ccccc4c(-c4cc(-c5cccnc5)cc(-c5cccnc5)c4)c4ccccc34)c3ccc4cccnc4c3n2)cc1. The van der Waals surface area contributed by atoms with E-state index in [4.69, 9.17) is 9.97 Å². The molecule has 0 radical (unpaired) electrons. The van der Waals surface area contributed by atoms with Crippen LogP contribution >= 0.6 is 0 Å². The molecule has 0 saturated heterocycles. The molecule has 0 N–H and O–H groups in total. The number of hydrogen-bond donors (Lipinski definition) is 0. The highest BCUT2D eigenvalue weighted by Crippen LogP contribution is 2.47. The van der Waals surface area contributed by atoms with Crippen LogP contribution in [-0.2, 0) is 0 Å². The van der Waals surface area contributed by atoms with Gasteiger partial charge in [0.05, 0.1) is 16.7 Å². The van der Waals surface area contributed by atoms with E-state index in [0.29, 0.717) is 0 Å². The first-order valence-electron chi connectivity index (χ1n) is 17.4. The molecule has 10 aromatic rings. The smallest absolute Gasteiger partial charge is 0.0978 e. The average molecular weight is 663 g/mol. The lowest BCUT2D eigenvalue weighted by Gasteiger charge is -2.20. The molecule has 0 fully saturated rings. The Bertz CT molecular complexity index is 2830. The molecule has 52 heavy (non-hydrogen) atoms. The highest BCUT2D eigenvalue weighted by molar-refractivity contribution is 6.24. The third-order valence-corrected chi connectivity index (χ3v) is 10.0. The number of fused-ring (bicyclic) bond motifs is 5. The van der Waals surface area contributed by atoms with Gasteiger partial charge in [-0.05, 0) is 97.4 Å². The monoisotopic (exact) mass is 662 g/mol. The van der Waals surface area contributed by atoms with Crippen LogP contribution in [0.5, 0.6) is 0 Å². The zero-order valence-corrected chi connectivity index (χ0v) is 28.1. The summed E-state index contributed by atoms with van der Waals surface area (Å²) >= 11 is 0.